The number of alkyl halides is 1. The number of hydrogen-bond donors (Lipinski definition) is 0. The van der Waals surface area contributed by atoms with Gasteiger partial charge in [-0.25, -0.2) is 14.4 Å². The molecular weight excluding hydrogens is 363 g/mol. The normalized spacial score (nSPS) is 16.2. The molecule has 0 aromatic carbocycles. The zero-order valence-electron chi connectivity index (χ0n) is 15.2. The van der Waals surface area contributed by atoms with Crippen LogP contribution < -0.4 is 9.80 Å². The van der Waals surface area contributed by atoms with E-state index in [2.05, 4.69) is 20.0 Å². The molecule has 5 rings (SSSR count). The lowest BCUT2D eigenvalue weighted by molar-refractivity contribution is 0.0972. The van der Waals surface area contributed by atoms with Gasteiger partial charge in [0.2, 0.25) is 11.7 Å². The SMILES string of the molecule is O=C1c2oc(-c3ccc(N4CCCC4)nc3)nc2CN1c1ccn(CCF)n1. The fourth-order valence-electron chi connectivity index (χ4n) is 3.63. The third-order valence-corrected chi connectivity index (χ3v) is 5.09. The number of halogens is 1. The maximum absolute atomic E-state index is 12.7. The van der Waals surface area contributed by atoms with E-state index < -0.39 is 6.67 Å². The fraction of sp³-hybridized carbons (Fsp3) is 0.368. The van der Waals surface area contributed by atoms with E-state index in [0.29, 0.717) is 17.4 Å². The number of rotatable bonds is 5. The van der Waals surface area contributed by atoms with Crippen LogP contribution in [0.3, 0.4) is 0 Å². The molecule has 1 saturated heterocycles. The summed E-state index contributed by atoms with van der Waals surface area (Å²) in [4.78, 5) is 25.4. The van der Waals surface area contributed by atoms with Gasteiger partial charge in [0.1, 0.15) is 18.2 Å². The van der Waals surface area contributed by atoms with Crippen LogP contribution in [0.1, 0.15) is 29.1 Å². The van der Waals surface area contributed by atoms with Crippen LogP contribution in [0.5, 0.6) is 0 Å². The van der Waals surface area contributed by atoms with Crippen molar-refractivity contribution in [2.24, 2.45) is 0 Å². The maximum Gasteiger partial charge on any atom is 0.297 e. The highest BCUT2D eigenvalue weighted by Gasteiger charge is 2.36. The summed E-state index contributed by atoms with van der Waals surface area (Å²) in [5.41, 5.74) is 1.31. The van der Waals surface area contributed by atoms with Crippen molar-refractivity contribution >= 4 is 17.5 Å². The molecule has 3 aromatic heterocycles. The Morgan fingerprint density at radius 2 is 2.00 bits per heavy atom. The maximum atomic E-state index is 12.7. The lowest BCUT2D eigenvalue weighted by atomic mass is 10.3. The zero-order valence-corrected chi connectivity index (χ0v) is 15.2. The number of aromatic nitrogens is 4. The first-order valence-corrected chi connectivity index (χ1v) is 9.35. The summed E-state index contributed by atoms with van der Waals surface area (Å²) in [7, 11) is 0. The minimum atomic E-state index is -0.509. The summed E-state index contributed by atoms with van der Waals surface area (Å²) in [5, 5.41) is 4.22. The third kappa shape index (κ3) is 2.83. The topological polar surface area (TPSA) is 80.3 Å². The molecule has 2 aliphatic heterocycles. The molecule has 8 nitrogen and oxygen atoms in total. The quantitative estimate of drug-likeness (QED) is 0.675. The minimum absolute atomic E-state index is 0.161. The Labute approximate surface area is 160 Å². The number of nitrogens with zero attached hydrogens (tertiary/aromatic N) is 6. The second-order valence-electron chi connectivity index (χ2n) is 6.91. The molecule has 0 atom stereocenters. The van der Waals surface area contributed by atoms with Crippen molar-refractivity contribution in [1.29, 1.82) is 0 Å². The van der Waals surface area contributed by atoms with Crippen LogP contribution in [0.4, 0.5) is 16.0 Å². The molecule has 0 spiro atoms. The van der Waals surface area contributed by atoms with Gasteiger partial charge in [0, 0.05) is 31.5 Å². The van der Waals surface area contributed by atoms with E-state index in [-0.39, 0.29) is 24.8 Å². The number of oxazole rings is 1. The molecule has 28 heavy (non-hydrogen) atoms. The van der Waals surface area contributed by atoms with Gasteiger partial charge < -0.3 is 9.32 Å². The van der Waals surface area contributed by atoms with Gasteiger partial charge in [-0.15, -0.1) is 0 Å². The summed E-state index contributed by atoms with van der Waals surface area (Å²) >= 11 is 0. The van der Waals surface area contributed by atoms with Gasteiger partial charge in [-0.05, 0) is 25.0 Å². The van der Waals surface area contributed by atoms with E-state index >= 15 is 0 Å². The summed E-state index contributed by atoms with van der Waals surface area (Å²) in [6.07, 6.45) is 5.77. The minimum Gasteiger partial charge on any atom is -0.430 e. The molecule has 0 N–H and O–H groups in total. The molecule has 9 heteroatoms. The lowest BCUT2D eigenvalue weighted by Crippen LogP contribution is -2.24. The monoisotopic (exact) mass is 382 g/mol. The van der Waals surface area contributed by atoms with Gasteiger partial charge in [0.15, 0.2) is 5.82 Å². The van der Waals surface area contributed by atoms with Crippen LogP contribution in [0.25, 0.3) is 11.5 Å². The van der Waals surface area contributed by atoms with Crippen LogP contribution in [-0.4, -0.2) is 45.4 Å². The third-order valence-electron chi connectivity index (χ3n) is 5.09. The highest BCUT2D eigenvalue weighted by molar-refractivity contribution is 6.07. The zero-order chi connectivity index (χ0) is 19.1. The van der Waals surface area contributed by atoms with Crippen LogP contribution in [0.15, 0.2) is 35.0 Å². The van der Waals surface area contributed by atoms with E-state index in [1.807, 2.05) is 12.1 Å². The van der Waals surface area contributed by atoms with E-state index in [4.69, 9.17) is 4.42 Å². The van der Waals surface area contributed by atoms with E-state index in [9.17, 15) is 9.18 Å². The van der Waals surface area contributed by atoms with Crippen molar-refractivity contribution in [3.8, 4) is 11.5 Å². The summed E-state index contributed by atoms with van der Waals surface area (Å²) in [6, 6.07) is 5.56. The molecule has 0 radical (unpaired) electrons. The van der Waals surface area contributed by atoms with Crippen LogP contribution in [0, 0.1) is 0 Å². The highest BCUT2D eigenvalue weighted by Crippen LogP contribution is 2.31. The molecule has 1 amide bonds. The fourth-order valence-corrected chi connectivity index (χ4v) is 3.63. The standard InChI is InChI=1S/C19H19FN6O2/c20-6-10-25-9-5-16(23-25)26-12-14-17(19(26)27)28-18(22-14)13-3-4-15(21-11-13)24-7-1-2-8-24/h3-5,9,11H,1-2,6-8,10,12H2. The van der Waals surface area contributed by atoms with Gasteiger partial charge in [-0.2, -0.15) is 5.10 Å². The predicted octanol–water partition coefficient (Wildman–Crippen LogP) is 2.66. The number of carbonyl (C=O) groups excluding carboxylic acids is 1. The second kappa shape index (κ2) is 6.74. The average Bonchev–Trinajstić information content (AvgIpc) is 3.48. The largest absolute Gasteiger partial charge is 0.430 e. The summed E-state index contributed by atoms with van der Waals surface area (Å²) in [5.74, 6) is 1.73. The molecule has 0 aliphatic carbocycles. The number of anilines is 2. The predicted molar refractivity (Wildman–Crippen MR) is 99.9 cm³/mol. The summed E-state index contributed by atoms with van der Waals surface area (Å²) in [6.45, 7) is 2.00. The second-order valence-corrected chi connectivity index (χ2v) is 6.91. The van der Waals surface area contributed by atoms with Gasteiger partial charge in [0.05, 0.1) is 18.7 Å². The molecule has 1 fully saturated rings. The Bertz CT molecular complexity index is 1010. The van der Waals surface area contributed by atoms with Crippen LogP contribution >= 0.6 is 0 Å². The van der Waals surface area contributed by atoms with E-state index in [0.717, 1.165) is 24.5 Å². The molecule has 2 aliphatic rings. The molecule has 0 saturated carbocycles. The first-order chi connectivity index (χ1) is 13.7. The van der Waals surface area contributed by atoms with Gasteiger partial charge >= 0.3 is 0 Å². The molecule has 5 heterocycles. The number of fused-ring (bicyclic) bond motifs is 1. The molecule has 144 valence electrons. The lowest BCUT2D eigenvalue weighted by Gasteiger charge is -2.15. The van der Waals surface area contributed by atoms with Gasteiger partial charge in [-0.1, -0.05) is 0 Å². The molecule has 0 unspecified atom stereocenters. The number of carbonyl (C=O) groups is 1. The Kier molecular flexibility index (Phi) is 4.07. The Morgan fingerprint density at radius 3 is 2.71 bits per heavy atom. The van der Waals surface area contributed by atoms with Crippen LogP contribution in [-0.2, 0) is 13.1 Å². The van der Waals surface area contributed by atoms with Crippen molar-refractivity contribution < 1.29 is 13.6 Å². The van der Waals surface area contributed by atoms with E-state index in [1.165, 1.54) is 22.4 Å². The Morgan fingerprint density at radius 1 is 1.14 bits per heavy atom. The highest BCUT2D eigenvalue weighted by atomic mass is 19.1. The van der Waals surface area contributed by atoms with E-state index in [1.54, 1.807) is 18.5 Å². The van der Waals surface area contributed by atoms with Gasteiger partial charge in [-0.3, -0.25) is 14.4 Å². The van der Waals surface area contributed by atoms with Crippen molar-refractivity contribution in [2.75, 3.05) is 29.6 Å². The van der Waals surface area contributed by atoms with Gasteiger partial charge in [0.25, 0.3) is 5.91 Å². The van der Waals surface area contributed by atoms with Crippen molar-refractivity contribution in [1.82, 2.24) is 19.7 Å². The van der Waals surface area contributed by atoms with Crippen LogP contribution in [0.2, 0.25) is 0 Å². The Hall–Kier alpha value is -3.23. The average molecular weight is 382 g/mol. The first kappa shape index (κ1) is 16.9. The number of hydrogen-bond acceptors (Lipinski definition) is 6. The molecular formula is C19H19FN6O2. The molecule has 0 bridgehead atoms. The number of aryl methyl sites for hydroxylation is 1. The number of amides is 1. The summed E-state index contributed by atoms with van der Waals surface area (Å²) < 4.78 is 19.7. The molecule has 3 aromatic rings. The number of pyridine rings is 1. The van der Waals surface area contributed by atoms with Crippen molar-refractivity contribution in [2.45, 2.75) is 25.9 Å². The smallest absolute Gasteiger partial charge is 0.297 e. The van der Waals surface area contributed by atoms with Crippen molar-refractivity contribution in [3.63, 3.8) is 0 Å². The van der Waals surface area contributed by atoms with Crippen molar-refractivity contribution in [3.05, 3.63) is 42.0 Å². The Balaban J connectivity index is 1.35. The first-order valence-electron chi connectivity index (χ1n) is 9.35.